The number of carbonyl (C=O) groups is 1. The van der Waals surface area contributed by atoms with Crippen LogP contribution in [0.1, 0.15) is 341 Å². The zero-order valence-corrected chi connectivity index (χ0v) is 51.5. The molecule has 0 aliphatic carbocycles. The number of hydrogen-bond acceptors (Lipinski definition) is 3. The van der Waals surface area contributed by atoms with Crippen LogP contribution in [-0.4, -0.2) is 34.9 Å². The van der Waals surface area contributed by atoms with Gasteiger partial charge in [0.25, 0.3) is 0 Å². The second-order valence-corrected chi connectivity index (χ2v) is 22.8. The Morgan fingerprint density at radius 1 is 0.325 bits per heavy atom. The molecule has 4 heteroatoms. The van der Waals surface area contributed by atoms with Crippen LogP contribution >= 0.6 is 0 Å². The Labute approximate surface area is 481 Å². The Bertz CT molecular complexity index is 1400. The van der Waals surface area contributed by atoms with Crippen molar-refractivity contribution in [2.75, 3.05) is 6.61 Å². The minimum atomic E-state index is -0.874. The van der Waals surface area contributed by atoms with E-state index in [2.05, 4.69) is 104 Å². The first-order chi connectivity index (χ1) is 38.2. The first kappa shape index (κ1) is 74.3. The predicted molar refractivity (Wildman–Crippen MR) is 345 cm³/mol. The van der Waals surface area contributed by atoms with Gasteiger partial charge in [0.15, 0.2) is 0 Å². The van der Waals surface area contributed by atoms with Crippen molar-refractivity contribution < 1.29 is 15.0 Å². The topological polar surface area (TPSA) is 69.6 Å². The molecule has 2 atom stereocenters. The second-order valence-electron chi connectivity index (χ2n) is 22.8. The fourth-order valence-electron chi connectivity index (χ4n) is 10.2. The van der Waals surface area contributed by atoms with Crippen LogP contribution in [0.25, 0.3) is 0 Å². The summed E-state index contributed by atoms with van der Waals surface area (Å²) in [5.74, 6) is -0.0737. The number of amides is 1. The third-order valence-corrected chi connectivity index (χ3v) is 15.3. The largest absolute Gasteiger partial charge is 0.394 e. The molecule has 446 valence electrons. The molecule has 0 bridgehead atoms. The summed E-state index contributed by atoms with van der Waals surface area (Å²) < 4.78 is 0. The molecule has 0 aliphatic rings. The van der Waals surface area contributed by atoms with Gasteiger partial charge in [-0.05, 0) is 89.9 Å². The number of carbonyl (C=O) groups excluding carboxylic acids is 1. The number of rotatable bonds is 62. The highest BCUT2D eigenvalue weighted by Gasteiger charge is 2.18. The van der Waals surface area contributed by atoms with Gasteiger partial charge in [-0.3, -0.25) is 4.79 Å². The lowest BCUT2D eigenvalue weighted by molar-refractivity contribution is -0.123. The molecule has 0 radical (unpaired) electrons. The second kappa shape index (κ2) is 67.6. The van der Waals surface area contributed by atoms with Gasteiger partial charge < -0.3 is 15.5 Å². The molecular weight excluding hydrogens is 939 g/mol. The van der Waals surface area contributed by atoms with Crippen molar-refractivity contribution in [2.45, 2.75) is 353 Å². The number of nitrogens with one attached hydrogen (secondary N) is 1. The molecule has 77 heavy (non-hydrogen) atoms. The van der Waals surface area contributed by atoms with E-state index in [0.717, 1.165) is 70.6 Å². The van der Waals surface area contributed by atoms with Crippen LogP contribution in [0.15, 0.2) is 97.2 Å². The summed E-state index contributed by atoms with van der Waals surface area (Å²) in [6, 6.07) is -0.649. The van der Waals surface area contributed by atoms with Crippen molar-refractivity contribution in [3.63, 3.8) is 0 Å². The molecule has 0 heterocycles. The first-order valence-electron chi connectivity index (χ1n) is 34.0. The van der Waals surface area contributed by atoms with Crippen LogP contribution in [0.5, 0.6) is 0 Å². The van der Waals surface area contributed by atoms with E-state index >= 15 is 0 Å². The fraction of sp³-hybridized carbons (Fsp3) is 0.767. The Kier molecular flexibility index (Phi) is 65.2. The molecule has 0 aromatic heterocycles. The van der Waals surface area contributed by atoms with Gasteiger partial charge in [-0.2, -0.15) is 0 Å². The predicted octanol–water partition coefficient (Wildman–Crippen LogP) is 23.2. The zero-order chi connectivity index (χ0) is 55.5. The van der Waals surface area contributed by atoms with Crippen molar-refractivity contribution in [1.29, 1.82) is 0 Å². The molecular formula is C73H131NO3. The van der Waals surface area contributed by atoms with Gasteiger partial charge in [-0.25, -0.2) is 0 Å². The van der Waals surface area contributed by atoms with E-state index in [1.54, 1.807) is 6.08 Å². The lowest BCUT2D eigenvalue weighted by Crippen LogP contribution is -2.45. The Hall–Kier alpha value is -2.69. The Morgan fingerprint density at radius 2 is 0.584 bits per heavy atom. The molecule has 0 saturated carbocycles. The van der Waals surface area contributed by atoms with Gasteiger partial charge in [0.1, 0.15) is 0 Å². The highest BCUT2D eigenvalue weighted by molar-refractivity contribution is 5.76. The monoisotopic (exact) mass is 1070 g/mol. The average Bonchev–Trinajstić information content (AvgIpc) is 3.43. The van der Waals surface area contributed by atoms with Crippen molar-refractivity contribution >= 4 is 5.91 Å². The highest BCUT2D eigenvalue weighted by atomic mass is 16.3. The molecule has 0 rings (SSSR count). The third kappa shape index (κ3) is 64.0. The quantitative estimate of drug-likeness (QED) is 0.0420. The molecule has 0 aromatic carbocycles. The summed E-state index contributed by atoms with van der Waals surface area (Å²) in [5.41, 5.74) is 0. The Balaban J connectivity index is 3.47. The van der Waals surface area contributed by atoms with Crippen LogP contribution in [0, 0.1) is 0 Å². The van der Waals surface area contributed by atoms with E-state index in [-0.39, 0.29) is 12.5 Å². The lowest BCUT2D eigenvalue weighted by Gasteiger charge is -2.19. The number of allylic oxidation sites excluding steroid dienone is 15. The van der Waals surface area contributed by atoms with Crippen LogP contribution in [0.2, 0.25) is 0 Å². The van der Waals surface area contributed by atoms with E-state index in [4.69, 9.17) is 0 Å². The average molecular weight is 1070 g/mol. The maximum Gasteiger partial charge on any atom is 0.220 e. The van der Waals surface area contributed by atoms with Crippen LogP contribution < -0.4 is 5.32 Å². The first-order valence-corrected chi connectivity index (χ1v) is 34.0. The van der Waals surface area contributed by atoms with Crippen molar-refractivity contribution in [1.82, 2.24) is 5.32 Å². The van der Waals surface area contributed by atoms with E-state index in [9.17, 15) is 15.0 Å². The van der Waals surface area contributed by atoms with E-state index in [1.165, 1.54) is 250 Å². The van der Waals surface area contributed by atoms with Gasteiger partial charge in [0.2, 0.25) is 5.91 Å². The summed E-state index contributed by atoms with van der Waals surface area (Å²) in [6.45, 7) is 4.20. The molecule has 3 N–H and O–H groups in total. The SMILES string of the molecule is CC/C=C\C/C=C\C/C=C\C/C=C\C/C=C\CCCCCCCCCCCCCCCCCCCCCCCCCCCC(=O)NC(CO)C(O)/C=C/CC/C=C/CC/C=C/CCCCCCCCCCCCCCCC. The van der Waals surface area contributed by atoms with Crippen molar-refractivity contribution in [3.05, 3.63) is 97.2 Å². The zero-order valence-electron chi connectivity index (χ0n) is 51.5. The van der Waals surface area contributed by atoms with Crippen molar-refractivity contribution in [3.8, 4) is 0 Å². The van der Waals surface area contributed by atoms with Gasteiger partial charge in [0, 0.05) is 6.42 Å². The molecule has 0 fully saturated rings. The molecule has 0 aromatic rings. The maximum atomic E-state index is 12.5. The van der Waals surface area contributed by atoms with E-state index < -0.39 is 12.1 Å². The highest BCUT2D eigenvalue weighted by Crippen LogP contribution is 2.18. The summed E-state index contributed by atoms with van der Waals surface area (Å²) in [7, 11) is 0. The van der Waals surface area contributed by atoms with E-state index in [1.807, 2.05) is 6.08 Å². The summed E-state index contributed by atoms with van der Waals surface area (Å²) in [6.07, 6.45) is 101. The standard InChI is InChI=1S/C73H131NO3/c1-3-5-7-9-11-13-15-17-19-21-23-25-27-29-30-31-32-33-34-35-36-37-38-39-40-41-42-43-44-45-47-49-51-53-55-57-59-61-63-65-67-69-73(77)74-71(70-75)72(76)68-66-64-62-60-58-56-54-52-50-48-46-28-26-24-22-20-18-16-14-12-10-8-6-4-2/h5,7,11,13,17,19,23,25,29-30,50,52,58,60,66,68,71-72,75-76H,3-4,6,8-10,12,14-16,18,20-22,24,26-28,31-49,51,53-57,59,61-65,67,69-70H2,1-2H3,(H,74,77)/b7-5-,13-11-,19-17-,25-23-,30-29-,52-50+,60-58+,68-66+. The molecule has 1 amide bonds. The number of aliphatic hydroxyl groups is 2. The Morgan fingerprint density at radius 3 is 0.909 bits per heavy atom. The summed E-state index contributed by atoms with van der Waals surface area (Å²) in [5, 5.41) is 23.2. The fourth-order valence-corrected chi connectivity index (χ4v) is 10.2. The molecule has 2 unspecified atom stereocenters. The number of hydrogen-bond donors (Lipinski definition) is 3. The van der Waals surface area contributed by atoms with Crippen LogP contribution in [0.3, 0.4) is 0 Å². The number of aliphatic hydroxyl groups excluding tert-OH is 2. The molecule has 4 nitrogen and oxygen atoms in total. The smallest absolute Gasteiger partial charge is 0.220 e. The minimum Gasteiger partial charge on any atom is -0.394 e. The lowest BCUT2D eigenvalue weighted by atomic mass is 10.0. The summed E-state index contributed by atoms with van der Waals surface area (Å²) >= 11 is 0. The van der Waals surface area contributed by atoms with Crippen LogP contribution in [0.4, 0.5) is 0 Å². The maximum absolute atomic E-state index is 12.5. The number of unbranched alkanes of at least 4 members (excludes halogenated alkanes) is 41. The van der Waals surface area contributed by atoms with Gasteiger partial charge in [-0.1, -0.05) is 342 Å². The van der Waals surface area contributed by atoms with Crippen molar-refractivity contribution in [2.24, 2.45) is 0 Å². The normalized spacial score (nSPS) is 13.4. The minimum absolute atomic E-state index is 0.0737. The summed E-state index contributed by atoms with van der Waals surface area (Å²) in [4.78, 5) is 12.5. The molecule has 0 spiro atoms. The van der Waals surface area contributed by atoms with E-state index in [0.29, 0.717) is 6.42 Å². The van der Waals surface area contributed by atoms with Gasteiger partial charge >= 0.3 is 0 Å². The van der Waals surface area contributed by atoms with Gasteiger partial charge in [-0.15, -0.1) is 0 Å². The van der Waals surface area contributed by atoms with Gasteiger partial charge in [0.05, 0.1) is 18.8 Å². The molecule has 0 aliphatic heterocycles. The molecule has 0 saturated heterocycles. The van der Waals surface area contributed by atoms with Crippen LogP contribution in [-0.2, 0) is 4.79 Å². The third-order valence-electron chi connectivity index (χ3n) is 15.3.